The van der Waals surface area contributed by atoms with Crippen molar-refractivity contribution in [3.8, 4) is 0 Å². The van der Waals surface area contributed by atoms with E-state index in [1.807, 2.05) is 24.3 Å². The lowest BCUT2D eigenvalue weighted by molar-refractivity contribution is -0.139. The van der Waals surface area contributed by atoms with Gasteiger partial charge in [-0.3, -0.25) is 4.79 Å². The molecule has 0 saturated carbocycles. The molecule has 2 aromatic carbocycles. The second-order valence-electron chi connectivity index (χ2n) is 5.76. The van der Waals surface area contributed by atoms with Gasteiger partial charge in [0.25, 0.3) is 0 Å². The predicted octanol–water partition coefficient (Wildman–Crippen LogP) is 3.57. The summed E-state index contributed by atoms with van der Waals surface area (Å²) in [4.78, 5) is 13.3. The highest BCUT2D eigenvalue weighted by molar-refractivity contribution is 8.01. The van der Waals surface area contributed by atoms with Gasteiger partial charge in [-0.2, -0.15) is 13.2 Å². The average Bonchev–Trinajstić information content (AvgIpc) is 3.03. The standard InChI is InChI=1S/C18H16F3NO2S/c19-18(20,21)13-7-3-2-6-12(13)14(23)10-22-17(24)16-9-11-5-1-4-8-15(11)25-16/h1-8,14,16,23H,9-10H2,(H,22,24). The van der Waals surface area contributed by atoms with Gasteiger partial charge < -0.3 is 10.4 Å². The summed E-state index contributed by atoms with van der Waals surface area (Å²) < 4.78 is 39.0. The smallest absolute Gasteiger partial charge is 0.387 e. The minimum absolute atomic E-state index is 0.238. The quantitative estimate of drug-likeness (QED) is 0.869. The SMILES string of the molecule is O=C(NCC(O)c1ccccc1C(F)(F)F)C1Cc2ccccc2S1. The summed E-state index contributed by atoms with van der Waals surface area (Å²) in [6, 6.07) is 12.5. The van der Waals surface area contributed by atoms with Crippen LogP contribution in [-0.4, -0.2) is 22.8 Å². The van der Waals surface area contributed by atoms with E-state index in [2.05, 4.69) is 5.32 Å². The average molecular weight is 367 g/mol. The van der Waals surface area contributed by atoms with Crippen molar-refractivity contribution in [3.05, 3.63) is 65.2 Å². The van der Waals surface area contributed by atoms with E-state index in [1.165, 1.54) is 30.0 Å². The number of rotatable bonds is 4. The number of amides is 1. The van der Waals surface area contributed by atoms with Gasteiger partial charge in [-0.25, -0.2) is 0 Å². The number of hydrogen-bond donors (Lipinski definition) is 2. The monoisotopic (exact) mass is 367 g/mol. The molecule has 1 amide bonds. The fraction of sp³-hybridized carbons (Fsp3) is 0.278. The minimum atomic E-state index is -4.55. The second kappa shape index (κ2) is 7.09. The lowest BCUT2D eigenvalue weighted by Gasteiger charge is -2.18. The van der Waals surface area contributed by atoms with Crippen LogP contribution in [-0.2, 0) is 17.4 Å². The zero-order valence-electron chi connectivity index (χ0n) is 13.1. The van der Waals surface area contributed by atoms with Crippen molar-refractivity contribution in [2.24, 2.45) is 0 Å². The van der Waals surface area contributed by atoms with Crippen LogP contribution in [0.1, 0.15) is 22.8 Å². The molecule has 132 valence electrons. The van der Waals surface area contributed by atoms with E-state index >= 15 is 0 Å². The molecule has 0 spiro atoms. The Kier molecular flexibility index (Phi) is 5.06. The summed E-state index contributed by atoms with van der Waals surface area (Å²) in [6.07, 6.45) is -5.40. The van der Waals surface area contributed by atoms with Crippen LogP contribution in [0, 0.1) is 0 Å². The first-order valence-corrected chi connectivity index (χ1v) is 8.60. The second-order valence-corrected chi connectivity index (χ2v) is 7.01. The van der Waals surface area contributed by atoms with E-state index in [0.717, 1.165) is 16.5 Å². The minimum Gasteiger partial charge on any atom is -0.387 e. The molecule has 2 N–H and O–H groups in total. The van der Waals surface area contributed by atoms with E-state index < -0.39 is 17.8 Å². The number of aliphatic hydroxyl groups is 1. The van der Waals surface area contributed by atoms with E-state index in [9.17, 15) is 23.1 Å². The molecule has 3 rings (SSSR count). The normalized spacial score (nSPS) is 17.8. The molecule has 25 heavy (non-hydrogen) atoms. The highest BCUT2D eigenvalue weighted by Gasteiger charge is 2.35. The fourth-order valence-electron chi connectivity index (χ4n) is 2.80. The third-order valence-corrected chi connectivity index (χ3v) is 5.35. The number of alkyl halides is 3. The molecule has 0 fully saturated rings. The molecule has 2 aromatic rings. The molecule has 1 aliphatic rings. The summed E-state index contributed by atoms with van der Waals surface area (Å²) in [5, 5.41) is 12.3. The zero-order valence-corrected chi connectivity index (χ0v) is 13.9. The Morgan fingerprint density at radius 3 is 2.60 bits per heavy atom. The molecule has 7 heteroatoms. The zero-order chi connectivity index (χ0) is 18.0. The molecule has 3 nitrogen and oxygen atoms in total. The number of carbonyl (C=O) groups excluding carboxylic acids is 1. The van der Waals surface area contributed by atoms with Gasteiger partial charge in [-0.05, 0) is 29.7 Å². The highest BCUT2D eigenvalue weighted by Crippen LogP contribution is 2.37. The molecule has 1 heterocycles. The molecular weight excluding hydrogens is 351 g/mol. The van der Waals surface area contributed by atoms with Crippen molar-refractivity contribution < 1.29 is 23.1 Å². The Bertz CT molecular complexity index is 754. The Morgan fingerprint density at radius 2 is 1.88 bits per heavy atom. The first-order chi connectivity index (χ1) is 11.9. The van der Waals surface area contributed by atoms with Crippen LogP contribution in [0.2, 0.25) is 0 Å². The maximum atomic E-state index is 13.0. The molecule has 0 aromatic heterocycles. The van der Waals surface area contributed by atoms with Gasteiger partial charge >= 0.3 is 6.18 Å². The van der Waals surface area contributed by atoms with Gasteiger partial charge in [0, 0.05) is 11.4 Å². The van der Waals surface area contributed by atoms with E-state index in [-0.39, 0.29) is 23.3 Å². The summed E-state index contributed by atoms with van der Waals surface area (Å²) in [5.41, 5.74) is -0.0485. The first kappa shape index (κ1) is 17.8. The van der Waals surface area contributed by atoms with Crippen molar-refractivity contribution in [3.63, 3.8) is 0 Å². The number of thioether (sulfide) groups is 1. The molecule has 2 atom stereocenters. The number of carbonyl (C=O) groups is 1. The third kappa shape index (κ3) is 3.99. The molecular formula is C18H16F3NO2S. The van der Waals surface area contributed by atoms with E-state index in [4.69, 9.17) is 0 Å². The van der Waals surface area contributed by atoms with Crippen LogP contribution in [0.5, 0.6) is 0 Å². The van der Waals surface area contributed by atoms with Crippen molar-refractivity contribution in [2.75, 3.05) is 6.54 Å². The van der Waals surface area contributed by atoms with Crippen molar-refractivity contribution in [1.29, 1.82) is 0 Å². The van der Waals surface area contributed by atoms with Crippen LogP contribution < -0.4 is 5.32 Å². The van der Waals surface area contributed by atoms with Crippen LogP contribution in [0.25, 0.3) is 0 Å². The summed E-state index contributed by atoms with van der Waals surface area (Å²) in [5.74, 6) is -0.287. The molecule has 0 bridgehead atoms. The van der Waals surface area contributed by atoms with Crippen molar-refractivity contribution in [1.82, 2.24) is 5.32 Å². The molecule has 2 unspecified atom stereocenters. The lowest BCUT2D eigenvalue weighted by atomic mass is 10.0. The number of hydrogen-bond acceptors (Lipinski definition) is 3. The van der Waals surface area contributed by atoms with Crippen LogP contribution in [0.3, 0.4) is 0 Å². The van der Waals surface area contributed by atoms with Crippen molar-refractivity contribution in [2.45, 2.75) is 28.8 Å². The first-order valence-electron chi connectivity index (χ1n) is 7.72. The lowest BCUT2D eigenvalue weighted by Crippen LogP contribution is -2.35. The number of benzene rings is 2. The Balaban J connectivity index is 1.62. The summed E-state index contributed by atoms with van der Waals surface area (Å²) in [6.45, 7) is -0.265. The molecule has 1 aliphatic heterocycles. The van der Waals surface area contributed by atoms with Crippen molar-refractivity contribution >= 4 is 17.7 Å². The van der Waals surface area contributed by atoms with E-state index in [1.54, 1.807) is 0 Å². The number of aliphatic hydroxyl groups excluding tert-OH is 1. The van der Waals surface area contributed by atoms with Gasteiger partial charge in [0.1, 0.15) is 0 Å². The van der Waals surface area contributed by atoms with Crippen LogP contribution in [0.15, 0.2) is 53.4 Å². The van der Waals surface area contributed by atoms with Gasteiger partial charge in [0.15, 0.2) is 0 Å². The maximum Gasteiger partial charge on any atom is 0.416 e. The predicted molar refractivity (Wildman–Crippen MR) is 89.2 cm³/mol. The number of fused-ring (bicyclic) bond motifs is 1. The molecule has 0 radical (unpaired) electrons. The Hall–Kier alpha value is -1.99. The van der Waals surface area contributed by atoms with Gasteiger partial charge in [-0.15, -0.1) is 11.8 Å². The highest BCUT2D eigenvalue weighted by atomic mass is 32.2. The fourth-order valence-corrected chi connectivity index (χ4v) is 4.01. The topological polar surface area (TPSA) is 49.3 Å². The summed E-state index contributed by atoms with van der Waals surface area (Å²) in [7, 11) is 0. The van der Waals surface area contributed by atoms with E-state index in [0.29, 0.717) is 6.42 Å². The third-order valence-electron chi connectivity index (χ3n) is 4.03. The van der Waals surface area contributed by atoms with Gasteiger partial charge in [-0.1, -0.05) is 36.4 Å². The number of halogens is 3. The Morgan fingerprint density at radius 1 is 1.20 bits per heavy atom. The number of nitrogens with one attached hydrogen (secondary N) is 1. The van der Waals surface area contributed by atoms with Gasteiger partial charge in [0.2, 0.25) is 5.91 Å². The van der Waals surface area contributed by atoms with Crippen LogP contribution >= 0.6 is 11.8 Å². The molecule has 0 aliphatic carbocycles. The largest absolute Gasteiger partial charge is 0.416 e. The summed E-state index contributed by atoms with van der Waals surface area (Å²) >= 11 is 1.43. The van der Waals surface area contributed by atoms with Gasteiger partial charge in [0.05, 0.1) is 16.9 Å². The Labute approximate surface area is 147 Å². The van der Waals surface area contributed by atoms with Crippen LogP contribution in [0.4, 0.5) is 13.2 Å². The molecule has 0 saturated heterocycles. The maximum absolute atomic E-state index is 13.0.